The number of esters is 1. The van der Waals surface area contributed by atoms with Gasteiger partial charge < -0.3 is 14.2 Å². The molecule has 0 saturated carbocycles. The molecular formula is C20H19ClO5. The molecule has 0 unspecified atom stereocenters. The van der Waals surface area contributed by atoms with Crippen LogP contribution in [0.15, 0.2) is 48.5 Å². The number of methoxy groups -OCH3 is 1. The lowest BCUT2D eigenvalue weighted by atomic mass is 10.1. The van der Waals surface area contributed by atoms with Gasteiger partial charge in [-0.25, -0.2) is 4.79 Å². The summed E-state index contributed by atoms with van der Waals surface area (Å²) in [5.41, 5.74) is 1.13. The Morgan fingerprint density at radius 2 is 1.88 bits per heavy atom. The lowest BCUT2D eigenvalue weighted by Gasteiger charge is -2.11. The third kappa shape index (κ3) is 5.36. The Hall–Kier alpha value is -2.79. The van der Waals surface area contributed by atoms with Gasteiger partial charge in [0.05, 0.1) is 18.7 Å². The SMILES string of the molecule is CCOc1c(Cl)cc(/C=C/C(=O)OCC(=O)c2ccccc2)cc1OC. The van der Waals surface area contributed by atoms with Crippen LogP contribution in [0.5, 0.6) is 11.5 Å². The molecule has 0 aliphatic rings. The number of benzene rings is 2. The molecule has 2 rings (SSSR count). The molecule has 6 heteroatoms. The largest absolute Gasteiger partial charge is 0.493 e. The van der Waals surface area contributed by atoms with Crippen molar-refractivity contribution in [1.82, 2.24) is 0 Å². The summed E-state index contributed by atoms with van der Waals surface area (Å²) in [7, 11) is 1.51. The molecule has 0 heterocycles. The maximum Gasteiger partial charge on any atom is 0.331 e. The van der Waals surface area contributed by atoms with E-state index in [0.717, 1.165) is 0 Å². The summed E-state index contributed by atoms with van der Waals surface area (Å²) in [4.78, 5) is 23.7. The zero-order valence-electron chi connectivity index (χ0n) is 14.5. The van der Waals surface area contributed by atoms with E-state index in [-0.39, 0.29) is 12.4 Å². The van der Waals surface area contributed by atoms with Gasteiger partial charge in [-0.05, 0) is 30.7 Å². The Morgan fingerprint density at radius 3 is 2.54 bits per heavy atom. The van der Waals surface area contributed by atoms with Gasteiger partial charge >= 0.3 is 5.97 Å². The van der Waals surface area contributed by atoms with Crippen LogP contribution in [0.25, 0.3) is 6.08 Å². The van der Waals surface area contributed by atoms with E-state index in [1.807, 2.05) is 13.0 Å². The molecule has 136 valence electrons. The summed E-state index contributed by atoms with van der Waals surface area (Å²) in [6.45, 7) is 1.98. The van der Waals surface area contributed by atoms with Crippen LogP contribution in [0.3, 0.4) is 0 Å². The predicted molar refractivity (Wildman–Crippen MR) is 99.9 cm³/mol. The van der Waals surface area contributed by atoms with E-state index in [9.17, 15) is 9.59 Å². The van der Waals surface area contributed by atoms with E-state index < -0.39 is 5.97 Å². The summed E-state index contributed by atoms with van der Waals surface area (Å²) in [6, 6.07) is 12.0. The van der Waals surface area contributed by atoms with Gasteiger partial charge in [-0.15, -0.1) is 0 Å². The molecule has 0 spiro atoms. The number of carbonyl (C=O) groups is 2. The molecule has 26 heavy (non-hydrogen) atoms. The second-order valence-electron chi connectivity index (χ2n) is 5.20. The smallest absolute Gasteiger partial charge is 0.331 e. The highest BCUT2D eigenvalue weighted by atomic mass is 35.5. The van der Waals surface area contributed by atoms with E-state index in [1.54, 1.807) is 36.4 Å². The first-order valence-electron chi connectivity index (χ1n) is 7.98. The Balaban J connectivity index is 1.99. The summed E-state index contributed by atoms with van der Waals surface area (Å²) < 4.78 is 15.7. The molecule has 0 N–H and O–H groups in total. The summed E-state index contributed by atoms with van der Waals surface area (Å²) in [6.07, 6.45) is 2.75. The first-order valence-corrected chi connectivity index (χ1v) is 8.36. The van der Waals surface area contributed by atoms with Crippen molar-refractivity contribution in [2.45, 2.75) is 6.92 Å². The van der Waals surface area contributed by atoms with Crippen molar-refractivity contribution in [2.75, 3.05) is 20.3 Å². The van der Waals surface area contributed by atoms with Crippen molar-refractivity contribution >= 4 is 29.4 Å². The minimum atomic E-state index is -0.627. The number of hydrogen-bond donors (Lipinski definition) is 0. The number of Topliss-reactive ketones (excluding diaryl/α,β-unsaturated/α-hetero) is 1. The van der Waals surface area contributed by atoms with Crippen molar-refractivity contribution in [3.63, 3.8) is 0 Å². The molecule has 0 aliphatic heterocycles. The van der Waals surface area contributed by atoms with E-state index in [0.29, 0.717) is 34.3 Å². The van der Waals surface area contributed by atoms with Crippen molar-refractivity contribution in [2.24, 2.45) is 0 Å². The number of carbonyl (C=O) groups excluding carboxylic acids is 2. The molecule has 0 aromatic heterocycles. The molecule has 2 aromatic carbocycles. The molecular weight excluding hydrogens is 356 g/mol. The summed E-state index contributed by atoms with van der Waals surface area (Å²) >= 11 is 6.18. The maximum absolute atomic E-state index is 11.9. The lowest BCUT2D eigenvalue weighted by molar-refractivity contribution is -0.136. The van der Waals surface area contributed by atoms with Crippen molar-refractivity contribution < 1.29 is 23.8 Å². The van der Waals surface area contributed by atoms with E-state index in [4.69, 9.17) is 25.8 Å². The zero-order chi connectivity index (χ0) is 18.9. The molecule has 0 amide bonds. The maximum atomic E-state index is 11.9. The third-order valence-electron chi connectivity index (χ3n) is 3.39. The summed E-state index contributed by atoms with van der Waals surface area (Å²) in [5.74, 6) is 0.0212. The zero-order valence-corrected chi connectivity index (χ0v) is 15.3. The van der Waals surface area contributed by atoms with Gasteiger partial charge in [0.25, 0.3) is 0 Å². The highest BCUT2D eigenvalue weighted by molar-refractivity contribution is 6.32. The topological polar surface area (TPSA) is 61.8 Å². The van der Waals surface area contributed by atoms with Crippen LogP contribution in [0.1, 0.15) is 22.8 Å². The molecule has 0 bridgehead atoms. The monoisotopic (exact) mass is 374 g/mol. The van der Waals surface area contributed by atoms with Gasteiger partial charge in [0, 0.05) is 11.6 Å². The molecule has 5 nitrogen and oxygen atoms in total. The van der Waals surface area contributed by atoms with Crippen LogP contribution in [-0.2, 0) is 9.53 Å². The van der Waals surface area contributed by atoms with Crippen molar-refractivity contribution in [3.05, 3.63) is 64.7 Å². The number of halogens is 1. The van der Waals surface area contributed by atoms with Gasteiger partial charge in [0.2, 0.25) is 0 Å². The first kappa shape index (κ1) is 19.5. The fourth-order valence-corrected chi connectivity index (χ4v) is 2.45. The van der Waals surface area contributed by atoms with E-state index in [1.165, 1.54) is 19.3 Å². The van der Waals surface area contributed by atoms with Gasteiger partial charge in [-0.3, -0.25) is 4.79 Å². The van der Waals surface area contributed by atoms with Crippen LogP contribution in [0.4, 0.5) is 0 Å². The first-order chi connectivity index (χ1) is 12.5. The Bertz CT molecular complexity index is 799. The minimum absolute atomic E-state index is 0.266. The third-order valence-corrected chi connectivity index (χ3v) is 3.67. The predicted octanol–water partition coefficient (Wildman–Crippen LogP) is 4.19. The van der Waals surface area contributed by atoms with Crippen molar-refractivity contribution in [3.8, 4) is 11.5 Å². The number of ether oxygens (including phenoxy) is 3. The van der Waals surface area contributed by atoms with Crippen LogP contribution in [0.2, 0.25) is 5.02 Å². The van der Waals surface area contributed by atoms with Crippen LogP contribution in [0, 0.1) is 0 Å². The molecule has 2 aromatic rings. The molecule has 0 saturated heterocycles. The Kier molecular flexibility index (Phi) is 7.24. The number of ketones is 1. The molecule has 0 radical (unpaired) electrons. The Morgan fingerprint density at radius 1 is 1.15 bits per heavy atom. The second-order valence-corrected chi connectivity index (χ2v) is 5.60. The van der Waals surface area contributed by atoms with Gasteiger partial charge in [0.1, 0.15) is 0 Å². The number of hydrogen-bond acceptors (Lipinski definition) is 5. The van der Waals surface area contributed by atoms with Gasteiger partial charge in [0.15, 0.2) is 23.9 Å². The second kappa shape index (κ2) is 9.63. The minimum Gasteiger partial charge on any atom is -0.493 e. The highest BCUT2D eigenvalue weighted by Gasteiger charge is 2.11. The average molecular weight is 375 g/mol. The highest BCUT2D eigenvalue weighted by Crippen LogP contribution is 2.36. The Labute approximate surface area is 157 Å². The molecule has 0 aliphatic carbocycles. The standard InChI is InChI=1S/C20H19ClO5/c1-3-25-20-16(21)11-14(12-18(20)24-2)9-10-19(23)26-13-17(22)15-7-5-4-6-8-15/h4-12H,3,13H2,1-2H3/b10-9+. The van der Waals surface area contributed by atoms with Gasteiger partial charge in [-0.2, -0.15) is 0 Å². The fourth-order valence-electron chi connectivity index (χ4n) is 2.18. The normalized spacial score (nSPS) is 10.6. The molecule has 0 fully saturated rings. The van der Waals surface area contributed by atoms with Gasteiger partial charge in [-0.1, -0.05) is 41.9 Å². The van der Waals surface area contributed by atoms with Crippen LogP contribution in [-0.4, -0.2) is 32.1 Å². The van der Waals surface area contributed by atoms with Crippen LogP contribution >= 0.6 is 11.6 Å². The fraction of sp³-hybridized carbons (Fsp3) is 0.200. The lowest BCUT2D eigenvalue weighted by Crippen LogP contribution is -2.12. The quantitative estimate of drug-likeness (QED) is 0.394. The van der Waals surface area contributed by atoms with E-state index in [2.05, 4.69) is 0 Å². The summed E-state index contributed by atoms with van der Waals surface area (Å²) in [5, 5.41) is 0.374. The average Bonchev–Trinajstić information content (AvgIpc) is 2.66. The van der Waals surface area contributed by atoms with E-state index >= 15 is 0 Å². The number of rotatable bonds is 8. The van der Waals surface area contributed by atoms with Crippen LogP contribution < -0.4 is 9.47 Å². The van der Waals surface area contributed by atoms with Crippen molar-refractivity contribution in [1.29, 1.82) is 0 Å². The molecule has 0 atom stereocenters.